The number of esters is 1. The molecule has 1 aromatic heterocycles. The molecule has 0 N–H and O–H groups in total. The van der Waals surface area contributed by atoms with Gasteiger partial charge in [-0.15, -0.1) is 0 Å². The Balaban J connectivity index is 2.51. The number of piperidine rings is 1. The highest BCUT2D eigenvalue weighted by molar-refractivity contribution is 5.96. The molecule has 0 amide bonds. The van der Waals surface area contributed by atoms with Gasteiger partial charge in [-0.3, -0.25) is 0 Å². The molecule has 0 bridgehead atoms. The third-order valence-electron chi connectivity index (χ3n) is 4.24. The Morgan fingerprint density at radius 2 is 2.04 bits per heavy atom. The largest absolute Gasteiger partial charge is 0.465 e. The van der Waals surface area contributed by atoms with Crippen molar-refractivity contribution in [1.82, 2.24) is 4.98 Å². The summed E-state index contributed by atoms with van der Waals surface area (Å²) < 4.78 is 70.9. The lowest BCUT2D eigenvalue weighted by Gasteiger charge is -2.38. The molecule has 1 aliphatic heterocycles. The van der Waals surface area contributed by atoms with E-state index < -0.39 is 36.0 Å². The third-order valence-corrected chi connectivity index (χ3v) is 4.24. The van der Waals surface area contributed by atoms with Crippen molar-refractivity contribution in [2.24, 2.45) is 5.92 Å². The maximum absolute atomic E-state index is 13.6. The second kappa shape index (κ2) is 6.18. The van der Waals surface area contributed by atoms with Crippen LogP contribution in [0, 0.1) is 12.8 Å². The van der Waals surface area contributed by atoms with E-state index in [2.05, 4.69) is 9.72 Å². The Morgan fingerprint density at radius 1 is 1.42 bits per heavy atom. The zero-order valence-electron chi connectivity index (χ0n) is 13.4. The molecule has 2 rings (SSSR count). The monoisotopic (exact) mass is 352 g/mol. The topological polar surface area (TPSA) is 42.4 Å². The summed E-state index contributed by atoms with van der Waals surface area (Å²) in [6.45, 7) is 2.26. The molecule has 134 valence electrons. The number of nitrogens with zero attached hydrogens (tertiary/aromatic N) is 2. The second-order valence-corrected chi connectivity index (χ2v) is 5.84. The van der Waals surface area contributed by atoms with E-state index in [1.165, 1.54) is 11.8 Å². The summed E-state index contributed by atoms with van der Waals surface area (Å²) in [5, 5.41) is 0. The molecule has 1 aromatic rings. The number of anilines is 1. The van der Waals surface area contributed by atoms with Gasteiger partial charge in [-0.05, 0) is 12.5 Å². The van der Waals surface area contributed by atoms with Gasteiger partial charge in [0.05, 0.1) is 12.7 Å². The van der Waals surface area contributed by atoms with E-state index >= 15 is 0 Å². The maximum Gasteiger partial charge on any atom is 0.418 e. The minimum atomic E-state index is -4.68. The van der Waals surface area contributed by atoms with Gasteiger partial charge in [-0.1, -0.05) is 6.92 Å². The molecule has 9 heteroatoms. The molecule has 24 heavy (non-hydrogen) atoms. The number of hydrogen-bond acceptors (Lipinski definition) is 4. The molecule has 4 nitrogen and oxygen atoms in total. The van der Waals surface area contributed by atoms with Gasteiger partial charge in [0.1, 0.15) is 11.4 Å². The third kappa shape index (κ3) is 3.29. The number of hydrogen-bond donors (Lipinski definition) is 0. The average molecular weight is 352 g/mol. The van der Waals surface area contributed by atoms with Crippen LogP contribution in [0.1, 0.15) is 34.8 Å². The van der Waals surface area contributed by atoms with E-state index in [4.69, 9.17) is 0 Å². The second-order valence-electron chi connectivity index (χ2n) is 5.84. The fraction of sp³-hybridized carbons (Fsp3) is 0.600. The fourth-order valence-corrected chi connectivity index (χ4v) is 2.74. The summed E-state index contributed by atoms with van der Waals surface area (Å²) in [5.41, 5.74) is -1.73. The summed E-state index contributed by atoms with van der Waals surface area (Å²) in [4.78, 5) is 17.1. The zero-order valence-corrected chi connectivity index (χ0v) is 13.4. The fourth-order valence-electron chi connectivity index (χ4n) is 2.74. The number of rotatable bonds is 2. The lowest BCUT2D eigenvalue weighted by molar-refractivity contribution is -0.138. The molecule has 0 aromatic carbocycles. The van der Waals surface area contributed by atoms with Gasteiger partial charge in [0.25, 0.3) is 5.92 Å². The maximum atomic E-state index is 13.6. The predicted molar refractivity (Wildman–Crippen MR) is 76.3 cm³/mol. The van der Waals surface area contributed by atoms with E-state index in [-0.39, 0.29) is 30.0 Å². The minimum absolute atomic E-state index is 0.0605. The van der Waals surface area contributed by atoms with E-state index in [0.717, 1.165) is 14.0 Å². The summed E-state index contributed by atoms with van der Waals surface area (Å²) in [6, 6.07) is 0. The molecule has 0 aliphatic carbocycles. The van der Waals surface area contributed by atoms with Crippen molar-refractivity contribution in [2.45, 2.75) is 32.4 Å². The number of halogens is 5. The summed E-state index contributed by atoms with van der Waals surface area (Å²) >= 11 is 0. The molecular formula is C15H17F5N2O2. The summed E-state index contributed by atoms with van der Waals surface area (Å²) in [5.74, 6) is -4.91. The first-order chi connectivity index (χ1) is 11.0. The number of alkyl halides is 5. The van der Waals surface area contributed by atoms with Gasteiger partial charge in [0.15, 0.2) is 0 Å². The molecule has 1 atom stereocenters. The highest BCUT2D eigenvalue weighted by Crippen LogP contribution is 2.39. The van der Waals surface area contributed by atoms with Crippen LogP contribution in [-0.2, 0) is 10.9 Å². The molecule has 0 radical (unpaired) electrons. The van der Waals surface area contributed by atoms with Crippen molar-refractivity contribution < 1.29 is 31.5 Å². The van der Waals surface area contributed by atoms with Crippen molar-refractivity contribution in [3.63, 3.8) is 0 Å². The molecule has 1 aliphatic rings. The zero-order chi connectivity index (χ0) is 18.3. The van der Waals surface area contributed by atoms with Crippen LogP contribution >= 0.6 is 0 Å². The Bertz CT molecular complexity index is 645. The van der Waals surface area contributed by atoms with Gasteiger partial charge >= 0.3 is 12.1 Å². The molecule has 0 unspecified atom stereocenters. The lowest BCUT2D eigenvalue weighted by atomic mass is 9.94. The lowest BCUT2D eigenvalue weighted by Crippen LogP contribution is -2.46. The van der Waals surface area contributed by atoms with Gasteiger partial charge in [0.2, 0.25) is 0 Å². The quantitative estimate of drug-likeness (QED) is 0.602. The van der Waals surface area contributed by atoms with Gasteiger partial charge in [-0.25, -0.2) is 18.6 Å². The predicted octanol–water partition coefficient (Wildman–Crippen LogP) is 3.68. The van der Waals surface area contributed by atoms with Crippen LogP contribution in [0.25, 0.3) is 0 Å². The first kappa shape index (κ1) is 18.4. The van der Waals surface area contributed by atoms with Crippen molar-refractivity contribution in [3.8, 4) is 0 Å². The van der Waals surface area contributed by atoms with Crippen LogP contribution in [0.4, 0.5) is 27.8 Å². The Labute approximate surface area is 135 Å². The van der Waals surface area contributed by atoms with Crippen molar-refractivity contribution in [1.29, 1.82) is 0 Å². The van der Waals surface area contributed by atoms with Crippen molar-refractivity contribution >= 4 is 11.8 Å². The van der Waals surface area contributed by atoms with E-state index in [0.29, 0.717) is 6.20 Å². The Morgan fingerprint density at radius 3 is 2.54 bits per heavy atom. The number of carbonyl (C=O) groups is 1. The van der Waals surface area contributed by atoms with E-state index in [1.807, 2.05) is 0 Å². The van der Waals surface area contributed by atoms with Crippen LogP contribution in [0.15, 0.2) is 6.20 Å². The number of aromatic nitrogens is 1. The molecular weight excluding hydrogens is 335 g/mol. The molecule has 0 spiro atoms. The molecule has 1 saturated heterocycles. The molecule has 2 heterocycles. The summed E-state index contributed by atoms with van der Waals surface area (Å²) in [6.07, 6.45) is -4.52. The van der Waals surface area contributed by atoms with E-state index in [1.54, 1.807) is 0 Å². The first-order valence-electron chi connectivity index (χ1n) is 7.27. The van der Waals surface area contributed by atoms with Crippen LogP contribution in [-0.4, -0.2) is 37.1 Å². The SMILES string of the molecule is COC(=O)c1c(N2CCC(F)(F)[C@@H](C)C2)ncc(C(F)(F)F)c1C. The molecule has 1 fully saturated rings. The smallest absolute Gasteiger partial charge is 0.418 e. The highest BCUT2D eigenvalue weighted by Gasteiger charge is 2.43. The van der Waals surface area contributed by atoms with Crippen LogP contribution in [0.3, 0.4) is 0 Å². The number of carbonyl (C=O) groups excluding carboxylic acids is 1. The standard InChI is InChI=1S/C15H17F5N2O2/c1-8-7-22(5-4-14(8,16)17)12-11(13(23)24-3)9(2)10(6-21-12)15(18,19)20/h6,8H,4-5,7H2,1-3H3/t8-/m0/s1. The van der Waals surface area contributed by atoms with Crippen molar-refractivity contribution in [2.75, 3.05) is 25.1 Å². The first-order valence-corrected chi connectivity index (χ1v) is 7.27. The van der Waals surface area contributed by atoms with Gasteiger partial charge in [0, 0.05) is 31.6 Å². The Kier molecular flexibility index (Phi) is 4.74. The van der Waals surface area contributed by atoms with Gasteiger partial charge < -0.3 is 9.64 Å². The Hall–Kier alpha value is -1.93. The molecule has 0 saturated carbocycles. The van der Waals surface area contributed by atoms with E-state index in [9.17, 15) is 26.7 Å². The van der Waals surface area contributed by atoms with Crippen LogP contribution in [0.5, 0.6) is 0 Å². The highest BCUT2D eigenvalue weighted by atomic mass is 19.4. The average Bonchev–Trinajstić information content (AvgIpc) is 2.47. The summed E-state index contributed by atoms with van der Waals surface area (Å²) in [7, 11) is 1.04. The number of pyridine rings is 1. The normalized spacial score (nSPS) is 20.8. The van der Waals surface area contributed by atoms with Crippen LogP contribution in [0.2, 0.25) is 0 Å². The van der Waals surface area contributed by atoms with Crippen LogP contribution < -0.4 is 4.90 Å². The number of methoxy groups -OCH3 is 1. The minimum Gasteiger partial charge on any atom is -0.465 e. The number of ether oxygens (including phenoxy) is 1. The van der Waals surface area contributed by atoms with Crippen molar-refractivity contribution in [3.05, 3.63) is 22.9 Å². The van der Waals surface area contributed by atoms with Gasteiger partial charge in [-0.2, -0.15) is 13.2 Å².